The Kier molecular flexibility index (Phi) is 4.11. The van der Waals surface area contributed by atoms with Crippen LogP contribution in [-0.4, -0.2) is 9.91 Å². The zero-order chi connectivity index (χ0) is 13.8. The van der Waals surface area contributed by atoms with Crippen molar-refractivity contribution in [2.75, 3.05) is 5.32 Å². The van der Waals surface area contributed by atoms with E-state index in [0.29, 0.717) is 12.2 Å². The van der Waals surface area contributed by atoms with Crippen LogP contribution in [0.3, 0.4) is 0 Å². The van der Waals surface area contributed by atoms with Gasteiger partial charge in [0.25, 0.3) is 5.69 Å². The summed E-state index contributed by atoms with van der Waals surface area (Å²) in [7, 11) is 0. The van der Waals surface area contributed by atoms with Gasteiger partial charge in [-0.2, -0.15) is 0 Å². The number of aryl methyl sites for hydroxylation is 1. The van der Waals surface area contributed by atoms with Gasteiger partial charge in [0.15, 0.2) is 0 Å². The zero-order valence-corrected chi connectivity index (χ0v) is 11.8. The number of rotatable bonds is 4. The first-order valence-electron chi connectivity index (χ1n) is 5.66. The number of pyridine rings is 1. The van der Waals surface area contributed by atoms with Crippen LogP contribution in [0.2, 0.25) is 0 Å². The van der Waals surface area contributed by atoms with E-state index in [1.165, 1.54) is 0 Å². The smallest absolute Gasteiger partial charge is 0.292 e. The summed E-state index contributed by atoms with van der Waals surface area (Å²) >= 11 is 3.29. The molecule has 0 atom stereocenters. The van der Waals surface area contributed by atoms with Crippen molar-refractivity contribution in [2.24, 2.45) is 0 Å². The van der Waals surface area contributed by atoms with Crippen molar-refractivity contribution in [1.29, 1.82) is 0 Å². The van der Waals surface area contributed by atoms with Gasteiger partial charge >= 0.3 is 0 Å². The highest BCUT2D eigenvalue weighted by Crippen LogP contribution is 2.25. The standard InChI is InChI=1S/C13H12BrN3O2/c1-9-5-6-11(12(7-9)17(18)19)15-8-10-3-2-4-13(14)16-10/h2-7,15H,8H2,1H3. The first-order valence-corrected chi connectivity index (χ1v) is 6.46. The van der Waals surface area contributed by atoms with Crippen molar-refractivity contribution in [2.45, 2.75) is 13.5 Å². The largest absolute Gasteiger partial charge is 0.374 e. The van der Waals surface area contributed by atoms with Crippen LogP contribution < -0.4 is 5.32 Å². The van der Waals surface area contributed by atoms with E-state index in [4.69, 9.17) is 0 Å². The number of hydrogen-bond donors (Lipinski definition) is 1. The highest BCUT2D eigenvalue weighted by Gasteiger charge is 2.13. The lowest BCUT2D eigenvalue weighted by molar-refractivity contribution is -0.384. The predicted molar refractivity (Wildman–Crippen MR) is 77.1 cm³/mol. The monoisotopic (exact) mass is 321 g/mol. The summed E-state index contributed by atoms with van der Waals surface area (Å²) < 4.78 is 0.741. The van der Waals surface area contributed by atoms with Gasteiger partial charge in [-0.15, -0.1) is 0 Å². The number of halogens is 1. The number of aromatic nitrogens is 1. The summed E-state index contributed by atoms with van der Waals surface area (Å²) in [6.45, 7) is 2.26. The third-order valence-corrected chi connectivity index (χ3v) is 3.02. The fourth-order valence-corrected chi connectivity index (χ4v) is 2.06. The second kappa shape index (κ2) is 5.79. The number of nitro groups is 1. The van der Waals surface area contributed by atoms with Crippen molar-refractivity contribution in [1.82, 2.24) is 4.98 Å². The third kappa shape index (κ3) is 3.51. The van der Waals surface area contributed by atoms with Crippen LogP contribution >= 0.6 is 15.9 Å². The molecular formula is C13H12BrN3O2. The van der Waals surface area contributed by atoms with Gasteiger partial charge < -0.3 is 5.32 Å². The lowest BCUT2D eigenvalue weighted by Gasteiger charge is -2.07. The lowest BCUT2D eigenvalue weighted by atomic mass is 10.2. The van der Waals surface area contributed by atoms with Crippen LogP contribution in [0.5, 0.6) is 0 Å². The number of benzene rings is 1. The van der Waals surface area contributed by atoms with E-state index < -0.39 is 0 Å². The van der Waals surface area contributed by atoms with Gasteiger partial charge in [-0.05, 0) is 46.6 Å². The van der Waals surface area contributed by atoms with E-state index in [1.807, 2.05) is 31.2 Å². The second-order valence-corrected chi connectivity index (χ2v) is 4.90. The Labute approximate surface area is 119 Å². The Morgan fingerprint density at radius 3 is 2.84 bits per heavy atom. The topological polar surface area (TPSA) is 68.1 Å². The average molecular weight is 322 g/mol. The van der Waals surface area contributed by atoms with Crippen LogP contribution in [0.25, 0.3) is 0 Å². The van der Waals surface area contributed by atoms with E-state index in [2.05, 4.69) is 26.2 Å². The fraction of sp³-hybridized carbons (Fsp3) is 0.154. The molecule has 2 rings (SSSR count). The summed E-state index contributed by atoms with van der Waals surface area (Å²) in [6, 6.07) is 10.7. The Bertz CT molecular complexity index is 617. The quantitative estimate of drug-likeness (QED) is 0.530. The highest BCUT2D eigenvalue weighted by molar-refractivity contribution is 9.10. The molecule has 1 aromatic carbocycles. The first-order chi connectivity index (χ1) is 9.06. The maximum Gasteiger partial charge on any atom is 0.292 e. The van der Waals surface area contributed by atoms with Crippen molar-refractivity contribution >= 4 is 27.3 Å². The minimum Gasteiger partial charge on any atom is -0.374 e. The molecule has 2 aromatic rings. The molecule has 6 heteroatoms. The molecule has 19 heavy (non-hydrogen) atoms. The van der Waals surface area contributed by atoms with Crippen LogP contribution in [0.15, 0.2) is 41.0 Å². The molecule has 1 aromatic heterocycles. The second-order valence-electron chi connectivity index (χ2n) is 4.08. The number of nitro benzene ring substituents is 1. The minimum absolute atomic E-state index is 0.0787. The van der Waals surface area contributed by atoms with Gasteiger partial charge in [0.1, 0.15) is 10.3 Å². The lowest BCUT2D eigenvalue weighted by Crippen LogP contribution is -2.04. The molecule has 0 aliphatic rings. The molecule has 0 radical (unpaired) electrons. The van der Waals surface area contributed by atoms with Gasteiger partial charge in [0.2, 0.25) is 0 Å². The number of anilines is 1. The fourth-order valence-electron chi connectivity index (χ4n) is 1.68. The van der Waals surface area contributed by atoms with E-state index in [1.54, 1.807) is 12.1 Å². The number of nitrogens with zero attached hydrogens (tertiary/aromatic N) is 2. The molecule has 0 spiro atoms. The van der Waals surface area contributed by atoms with Crippen LogP contribution in [0, 0.1) is 17.0 Å². The first kappa shape index (κ1) is 13.5. The normalized spacial score (nSPS) is 10.2. The Morgan fingerprint density at radius 2 is 2.16 bits per heavy atom. The van der Waals surface area contributed by atoms with E-state index in [-0.39, 0.29) is 10.6 Å². The van der Waals surface area contributed by atoms with E-state index in [0.717, 1.165) is 15.9 Å². The molecule has 1 N–H and O–H groups in total. The van der Waals surface area contributed by atoms with Gasteiger partial charge in [-0.1, -0.05) is 12.1 Å². The number of nitrogens with one attached hydrogen (secondary N) is 1. The molecule has 0 bridgehead atoms. The minimum atomic E-state index is -0.385. The van der Waals surface area contributed by atoms with Gasteiger partial charge in [0.05, 0.1) is 17.2 Å². The summed E-state index contributed by atoms with van der Waals surface area (Å²) in [6.07, 6.45) is 0. The number of hydrogen-bond acceptors (Lipinski definition) is 4. The average Bonchev–Trinajstić information content (AvgIpc) is 2.37. The summed E-state index contributed by atoms with van der Waals surface area (Å²) in [4.78, 5) is 14.9. The van der Waals surface area contributed by atoms with E-state index in [9.17, 15) is 10.1 Å². The Morgan fingerprint density at radius 1 is 1.37 bits per heavy atom. The van der Waals surface area contributed by atoms with Crippen molar-refractivity contribution in [3.05, 3.63) is 62.4 Å². The SMILES string of the molecule is Cc1ccc(NCc2cccc(Br)n2)c([N+](=O)[O-])c1. The van der Waals surface area contributed by atoms with Gasteiger partial charge in [-0.25, -0.2) is 4.98 Å². The maximum atomic E-state index is 11.0. The molecule has 0 unspecified atom stereocenters. The van der Waals surface area contributed by atoms with Crippen molar-refractivity contribution < 1.29 is 4.92 Å². The molecule has 0 fully saturated rings. The van der Waals surface area contributed by atoms with Gasteiger partial charge in [-0.3, -0.25) is 10.1 Å². The van der Waals surface area contributed by atoms with Crippen molar-refractivity contribution in [3.63, 3.8) is 0 Å². The molecule has 1 heterocycles. The third-order valence-electron chi connectivity index (χ3n) is 2.58. The Hall–Kier alpha value is -1.95. The summed E-state index contributed by atoms with van der Waals surface area (Å²) in [5.41, 5.74) is 2.24. The molecule has 0 saturated carbocycles. The molecule has 98 valence electrons. The predicted octanol–water partition coefficient (Wildman–Crippen LogP) is 3.67. The van der Waals surface area contributed by atoms with Crippen LogP contribution in [0.1, 0.15) is 11.3 Å². The summed E-state index contributed by atoms with van der Waals surface area (Å²) in [5.74, 6) is 0. The van der Waals surface area contributed by atoms with Gasteiger partial charge in [0, 0.05) is 6.07 Å². The Balaban J connectivity index is 2.17. The van der Waals surface area contributed by atoms with E-state index >= 15 is 0 Å². The van der Waals surface area contributed by atoms with Crippen molar-refractivity contribution in [3.8, 4) is 0 Å². The molecular weight excluding hydrogens is 310 g/mol. The highest BCUT2D eigenvalue weighted by atomic mass is 79.9. The molecule has 5 nitrogen and oxygen atoms in total. The van der Waals surface area contributed by atoms with Crippen LogP contribution in [-0.2, 0) is 6.54 Å². The molecule has 0 aliphatic carbocycles. The molecule has 0 amide bonds. The zero-order valence-electron chi connectivity index (χ0n) is 10.3. The summed E-state index contributed by atoms with van der Waals surface area (Å²) in [5, 5.41) is 14.0. The maximum absolute atomic E-state index is 11.0. The molecule has 0 aliphatic heterocycles. The molecule has 0 saturated heterocycles. The van der Waals surface area contributed by atoms with Crippen LogP contribution in [0.4, 0.5) is 11.4 Å².